The molecule has 0 amide bonds. The van der Waals surface area contributed by atoms with E-state index in [1.54, 1.807) is 0 Å². The zero-order valence-corrected chi connectivity index (χ0v) is 9.71. The third kappa shape index (κ3) is 3.01. The molecule has 0 aromatic rings. The van der Waals surface area contributed by atoms with Gasteiger partial charge in [0.05, 0.1) is 0 Å². The SMILES string of the molecule is C=CCC1CC(/C=C\CC)[C@H](CC)C1. The van der Waals surface area contributed by atoms with Gasteiger partial charge in [-0.1, -0.05) is 38.5 Å². The van der Waals surface area contributed by atoms with Crippen LogP contribution < -0.4 is 0 Å². The normalized spacial score (nSPS) is 32.6. The van der Waals surface area contributed by atoms with Crippen molar-refractivity contribution in [3.8, 4) is 0 Å². The smallest absolute Gasteiger partial charge is 0.0202 e. The second-order valence-electron chi connectivity index (χ2n) is 4.53. The van der Waals surface area contributed by atoms with Gasteiger partial charge in [-0.15, -0.1) is 6.58 Å². The molecule has 0 aliphatic heterocycles. The van der Waals surface area contributed by atoms with E-state index in [2.05, 4.69) is 38.7 Å². The minimum absolute atomic E-state index is 0.852. The molecule has 0 nitrogen and oxygen atoms in total. The van der Waals surface area contributed by atoms with Gasteiger partial charge in [-0.3, -0.25) is 0 Å². The first kappa shape index (κ1) is 11.6. The van der Waals surface area contributed by atoms with Crippen LogP contribution in [0.15, 0.2) is 24.8 Å². The van der Waals surface area contributed by atoms with E-state index in [0.29, 0.717) is 0 Å². The van der Waals surface area contributed by atoms with Crippen LogP contribution in [-0.2, 0) is 0 Å². The van der Waals surface area contributed by atoms with Crippen molar-refractivity contribution in [3.05, 3.63) is 24.8 Å². The summed E-state index contributed by atoms with van der Waals surface area (Å²) in [4.78, 5) is 0. The van der Waals surface area contributed by atoms with Gasteiger partial charge in [-0.05, 0) is 43.4 Å². The molecule has 0 N–H and O–H groups in total. The molecule has 0 aromatic carbocycles. The van der Waals surface area contributed by atoms with Crippen molar-refractivity contribution < 1.29 is 0 Å². The Hall–Kier alpha value is -0.520. The van der Waals surface area contributed by atoms with Crippen LogP contribution in [0, 0.1) is 17.8 Å². The van der Waals surface area contributed by atoms with Crippen molar-refractivity contribution in [1.82, 2.24) is 0 Å². The molecule has 1 aliphatic rings. The van der Waals surface area contributed by atoms with Crippen molar-refractivity contribution in [1.29, 1.82) is 0 Å². The van der Waals surface area contributed by atoms with Crippen molar-refractivity contribution in [2.45, 2.75) is 46.0 Å². The van der Waals surface area contributed by atoms with E-state index in [1.807, 2.05) is 0 Å². The summed E-state index contributed by atoms with van der Waals surface area (Å²) in [7, 11) is 0. The lowest BCUT2D eigenvalue weighted by Crippen LogP contribution is -2.02. The van der Waals surface area contributed by atoms with Gasteiger partial charge in [0.15, 0.2) is 0 Å². The second-order valence-corrected chi connectivity index (χ2v) is 4.53. The van der Waals surface area contributed by atoms with E-state index in [4.69, 9.17) is 0 Å². The Balaban J connectivity index is 2.48. The lowest BCUT2D eigenvalue weighted by molar-refractivity contribution is 0.439. The zero-order valence-electron chi connectivity index (χ0n) is 9.71. The lowest BCUT2D eigenvalue weighted by atomic mass is 9.93. The predicted molar refractivity (Wildman–Crippen MR) is 64.2 cm³/mol. The summed E-state index contributed by atoms with van der Waals surface area (Å²) in [6.07, 6.45) is 13.4. The van der Waals surface area contributed by atoms with Gasteiger partial charge in [-0.2, -0.15) is 0 Å². The molecule has 1 fully saturated rings. The lowest BCUT2D eigenvalue weighted by Gasteiger charge is -2.12. The molecule has 0 saturated heterocycles. The Bertz CT molecular complexity index is 190. The maximum atomic E-state index is 3.84. The average Bonchev–Trinajstić information content (AvgIpc) is 2.58. The number of hydrogen-bond donors (Lipinski definition) is 0. The van der Waals surface area contributed by atoms with Crippen molar-refractivity contribution >= 4 is 0 Å². The van der Waals surface area contributed by atoms with Gasteiger partial charge >= 0.3 is 0 Å². The topological polar surface area (TPSA) is 0 Å². The van der Waals surface area contributed by atoms with Crippen molar-refractivity contribution in [2.24, 2.45) is 17.8 Å². The maximum absolute atomic E-state index is 3.84. The molecular weight excluding hydrogens is 168 g/mol. The first-order valence-electron chi connectivity index (χ1n) is 6.09. The molecule has 3 atom stereocenters. The standard InChI is InChI=1S/C14H24/c1-4-7-9-14-11-12(8-5-2)10-13(14)6-3/h5,7,9,12-14H,2,4,6,8,10-11H2,1,3H3/b9-7-/t12?,13-,14?/m1/s1. The van der Waals surface area contributed by atoms with E-state index in [0.717, 1.165) is 17.8 Å². The highest BCUT2D eigenvalue weighted by Gasteiger charge is 2.30. The fourth-order valence-corrected chi connectivity index (χ4v) is 2.72. The Kier molecular flexibility index (Phi) is 5.00. The molecule has 1 saturated carbocycles. The first-order chi connectivity index (χ1) is 6.81. The van der Waals surface area contributed by atoms with Crippen LogP contribution in [0.3, 0.4) is 0 Å². The summed E-state index contributed by atoms with van der Waals surface area (Å²) in [5.41, 5.74) is 0. The Labute approximate surface area is 89.1 Å². The molecule has 0 bridgehead atoms. The highest BCUT2D eigenvalue weighted by molar-refractivity contribution is 4.97. The largest absolute Gasteiger partial charge is 0.103 e. The van der Waals surface area contributed by atoms with Gasteiger partial charge < -0.3 is 0 Å². The molecule has 0 radical (unpaired) electrons. The van der Waals surface area contributed by atoms with Crippen LogP contribution in [0.5, 0.6) is 0 Å². The van der Waals surface area contributed by atoms with Crippen LogP contribution in [0.2, 0.25) is 0 Å². The molecule has 14 heavy (non-hydrogen) atoms. The minimum Gasteiger partial charge on any atom is -0.103 e. The van der Waals surface area contributed by atoms with Crippen LogP contribution in [0.4, 0.5) is 0 Å². The number of hydrogen-bond acceptors (Lipinski definition) is 0. The van der Waals surface area contributed by atoms with Gasteiger partial charge in [0.1, 0.15) is 0 Å². The molecule has 0 aromatic heterocycles. The van der Waals surface area contributed by atoms with Crippen LogP contribution in [-0.4, -0.2) is 0 Å². The Morgan fingerprint density at radius 2 is 2.07 bits per heavy atom. The van der Waals surface area contributed by atoms with Gasteiger partial charge in [-0.25, -0.2) is 0 Å². The van der Waals surface area contributed by atoms with Crippen LogP contribution in [0.25, 0.3) is 0 Å². The molecule has 80 valence electrons. The predicted octanol–water partition coefficient (Wildman–Crippen LogP) is 4.58. The molecule has 0 spiro atoms. The van der Waals surface area contributed by atoms with Crippen molar-refractivity contribution in [2.75, 3.05) is 0 Å². The summed E-state index contributed by atoms with van der Waals surface area (Å²) in [5, 5.41) is 0. The Morgan fingerprint density at radius 3 is 2.64 bits per heavy atom. The van der Waals surface area contributed by atoms with Gasteiger partial charge in [0.2, 0.25) is 0 Å². The zero-order chi connectivity index (χ0) is 10.4. The van der Waals surface area contributed by atoms with E-state index < -0.39 is 0 Å². The van der Waals surface area contributed by atoms with Gasteiger partial charge in [0.25, 0.3) is 0 Å². The quantitative estimate of drug-likeness (QED) is 0.559. The maximum Gasteiger partial charge on any atom is -0.0202 e. The van der Waals surface area contributed by atoms with Crippen molar-refractivity contribution in [3.63, 3.8) is 0 Å². The number of allylic oxidation sites excluding steroid dienone is 3. The van der Waals surface area contributed by atoms with E-state index in [1.165, 1.54) is 32.1 Å². The van der Waals surface area contributed by atoms with Crippen LogP contribution in [0.1, 0.15) is 46.0 Å². The van der Waals surface area contributed by atoms with E-state index >= 15 is 0 Å². The molecule has 0 heterocycles. The molecule has 0 heteroatoms. The third-order valence-corrected chi connectivity index (χ3v) is 3.49. The second kappa shape index (κ2) is 6.06. The third-order valence-electron chi connectivity index (χ3n) is 3.49. The fraction of sp³-hybridized carbons (Fsp3) is 0.714. The van der Waals surface area contributed by atoms with E-state index in [-0.39, 0.29) is 0 Å². The van der Waals surface area contributed by atoms with E-state index in [9.17, 15) is 0 Å². The molecule has 2 unspecified atom stereocenters. The summed E-state index contributed by atoms with van der Waals surface area (Å²) >= 11 is 0. The van der Waals surface area contributed by atoms with Crippen LogP contribution >= 0.6 is 0 Å². The summed E-state index contributed by atoms with van der Waals surface area (Å²) < 4.78 is 0. The highest BCUT2D eigenvalue weighted by Crippen LogP contribution is 2.40. The molecular formula is C14H24. The summed E-state index contributed by atoms with van der Waals surface area (Å²) in [6, 6.07) is 0. The minimum atomic E-state index is 0.852. The molecule has 1 aliphatic carbocycles. The van der Waals surface area contributed by atoms with Gasteiger partial charge in [0, 0.05) is 0 Å². The first-order valence-corrected chi connectivity index (χ1v) is 6.09. The highest BCUT2D eigenvalue weighted by atomic mass is 14.3. The average molecular weight is 192 g/mol. The Morgan fingerprint density at radius 1 is 1.29 bits per heavy atom. The molecule has 1 rings (SSSR count). The fourth-order valence-electron chi connectivity index (χ4n) is 2.72. The summed E-state index contributed by atoms with van der Waals surface area (Å²) in [5.74, 6) is 2.69. The monoisotopic (exact) mass is 192 g/mol. The summed E-state index contributed by atoms with van der Waals surface area (Å²) in [6.45, 7) is 8.39. The number of rotatable bonds is 5.